The van der Waals surface area contributed by atoms with E-state index in [1.54, 1.807) is 35.3 Å². The molecule has 1 saturated heterocycles. The van der Waals surface area contributed by atoms with Gasteiger partial charge in [-0.3, -0.25) is 0 Å². The highest BCUT2D eigenvalue weighted by atomic mass is 32.2. The van der Waals surface area contributed by atoms with Crippen LogP contribution < -0.4 is 9.64 Å². The largest absolute Gasteiger partial charge is 0.415 e. The van der Waals surface area contributed by atoms with Gasteiger partial charge in [0.2, 0.25) is 0 Å². The van der Waals surface area contributed by atoms with Crippen molar-refractivity contribution in [2.75, 3.05) is 31.1 Å². The van der Waals surface area contributed by atoms with Gasteiger partial charge in [0.15, 0.2) is 5.16 Å². The molecule has 0 spiro atoms. The molecule has 0 atom stereocenters. The number of pyridine rings is 1. The highest BCUT2D eigenvalue weighted by molar-refractivity contribution is 7.98. The normalized spacial score (nSPS) is 14.1. The number of piperazine rings is 1. The minimum absolute atomic E-state index is 0.307. The van der Waals surface area contributed by atoms with Crippen LogP contribution >= 0.6 is 11.8 Å². The molecule has 0 bridgehead atoms. The van der Waals surface area contributed by atoms with Gasteiger partial charge in [-0.15, -0.1) is 0 Å². The van der Waals surface area contributed by atoms with Crippen molar-refractivity contribution in [3.8, 4) is 5.75 Å². The van der Waals surface area contributed by atoms with Gasteiger partial charge in [0.25, 0.3) is 0 Å². The van der Waals surface area contributed by atoms with Crippen LogP contribution in [0.4, 0.5) is 10.6 Å². The standard InChI is InChI=1S/C20H21N5O2S/c26-20(25-13-11-24(12-14-25)18-3-1-2-8-21-18)27-17-6-4-16(5-7-17)15-28-19-22-9-10-23-19/h1-10H,11-15H2,(H,22,23). The third-order valence-electron chi connectivity index (χ3n) is 4.49. The molecule has 28 heavy (non-hydrogen) atoms. The molecule has 2 aromatic heterocycles. The molecule has 1 N–H and O–H groups in total. The zero-order chi connectivity index (χ0) is 19.2. The molecule has 1 fully saturated rings. The van der Waals surface area contributed by atoms with Crippen LogP contribution in [0.1, 0.15) is 5.56 Å². The van der Waals surface area contributed by atoms with E-state index in [1.165, 1.54) is 0 Å². The first-order valence-electron chi connectivity index (χ1n) is 9.12. The van der Waals surface area contributed by atoms with E-state index in [2.05, 4.69) is 19.9 Å². The van der Waals surface area contributed by atoms with Crippen LogP contribution in [0.15, 0.2) is 66.2 Å². The summed E-state index contributed by atoms with van der Waals surface area (Å²) in [6, 6.07) is 13.5. The average molecular weight is 395 g/mol. The maximum Gasteiger partial charge on any atom is 0.415 e. The Morgan fingerprint density at radius 3 is 2.54 bits per heavy atom. The SMILES string of the molecule is O=C(Oc1ccc(CSc2ncc[nH]2)cc1)N1CCN(c2ccccn2)CC1. The number of aromatic amines is 1. The van der Waals surface area contributed by atoms with Crippen molar-refractivity contribution >= 4 is 23.7 Å². The molecule has 144 valence electrons. The number of hydrogen-bond acceptors (Lipinski definition) is 6. The lowest BCUT2D eigenvalue weighted by atomic mass is 10.2. The maximum atomic E-state index is 12.4. The van der Waals surface area contributed by atoms with Gasteiger partial charge < -0.3 is 19.5 Å². The summed E-state index contributed by atoms with van der Waals surface area (Å²) in [6.07, 6.45) is 5.02. The number of nitrogens with one attached hydrogen (secondary N) is 1. The first kappa shape index (κ1) is 18.4. The monoisotopic (exact) mass is 395 g/mol. The minimum Gasteiger partial charge on any atom is -0.410 e. The van der Waals surface area contributed by atoms with Gasteiger partial charge in [-0.25, -0.2) is 14.8 Å². The number of hydrogen-bond donors (Lipinski definition) is 1. The van der Waals surface area contributed by atoms with Gasteiger partial charge in [0.05, 0.1) is 0 Å². The highest BCUT2D eigenvalue weighted by Crippen LogP contribution is 2.21. The lowest BCUT2D eigenvalue weighted by Gasteiger charge is -2.34. The molecule has 0 aliphatic carbocycles. The van der Waals surface area contributed by atoms with Crippen LogP contribution in [0.25, 0.3) is 0 Å². The number of amides is 1. The highest BCUT2D eigenvalue weighted by Gasteiger charge is 2.23. The van der Waals surface area contributed by atoms with Gasteiger partial charge in [0.1, 0.15) is 11.6 Å². The van der Waals surface area contributed by atoms with Gasteiger partial charge in [-0.1, -0.05) is 30.0 Å². The van der Waals surface area contributed by atoms with Crippen LogP contribution in [0.5, 0.6) is 5.75 Å². The molecule has 1 aliphatic heterocycles. The number of aromatic nitrogens is 3. The predicted octanol–water partition coefficient (Wildman–Crippen LogP) is 3.42. The summed E-state index contributed by atoms with van der Waals surface area (Å²) in [4.78, 5) is 28.0. The van der Waals surface area contributed by atoms with Crippen molar-refractivity contribution < 1.29 is 9.53 Å². The molecule has 8 heteroatoms. The van der Waals surface area contributed by atoms with Gasteiger partial charge in [-0.05, 0) is 29.8 Å². The van der Waals surface area contributed by atoms with E-state index >= 15 is 0 Å². The number of anilines is 1. The number of carbonyl (C=O) groups excluding carboxylic acids is 1. The fourth-order valence-corrected chi connectivity index (χ4v) is 3.74. The number of H-pyrrole nitrogens is 1. The Labute approximate surface area is 167 Å². The number of nitrogens with zero attached hydrogens (tertiary/aromatic N) is 4. The molecule has 3 heterocycles. The summed E-state index contributed by atoms with van der Waals surface area (Å²) >= 11 is 1.63. The molecule has 1 amide bonds. The summed E-state index contributed by atoms with van der Waals surface area (Å²) in [5.74, 6) is 2.31. The molecule has 7 nitrogen and oxygen atoms in total. The Bertz CT molecular complexity index is 879. The molecule has 1 aromatic carbocycles. The number of imidazole rings is 1. The molecule has 4 rings (SSSR count). The van der Waals surface area contributed by atoms with Crippen LogP contribution in [0.2, 0.25) is 0 Å². The van der Waals surface area contributed by atoms with Crippen LogP contribution in [-0.2, 0) is 5.75 Å². The Morgan fingerprint density at radius 2 is 1.86 bits per heavy atom. The van der Waals surface area contributed by atoms with Gasteiger partial charge >= 0.3 is 6.09 Å². The quantitative estimate of drug-likeness (QED) is 0.668. The van der Waals surface area contributed by atoms with E-state index in [-0.39, 0.29) is 6.09 Å². The lowest BCUT2D eigenvalue weighted by Crippen LogP contribution is -2.49. The van der Waals surface area contributed by atoms with E-state index in [9.17, 15) is 4.79 Å². The second-order valence-electron chi connectivity index (χ2n) is 6.36. The fraction of sp³-hybridized carbons (Fsp3) is 0.250. The van der Waals surface area contributed by atoms with Crippen molar-refractivity contribution in [3.63, 3.8) is 0 Å². The van der Waals surface area contributed by atoms with Crippen molar-refractivity contribution in [2.24, 2.45) is 0 Å². The van der Waals surface area contributed by atoms with Gasteiger partial charge in [0, 0.05) is 50.5 Å². The fourth-order valence-electron chi connectivity index (χ4n) is 2.96. The van der Waals surface area contributed by atoms with Crippen molar-refractivity contribution in [1.82, 2.24) is 19.9 Å². The summed E-state index contributed by atoms with van der Waals surface area (Å²) in [7, 11) is 0. The third kappa shape index (κ3) is 4.64. The Hall–Kier alpha value is -3.00. The van der Waals surface area contributed by atoms with E-state index in [0.29, 0.717) is 18.8 Å². The molecule has 0 unspecified atom stereocenters. The number of rotatable bonds is 5. The van der Waals surface area contributed by atoms with E-state index in [1.807, 2.05) is 42.5 Å². The smallest absolute Gasteiger partial charge is 0.410 e. The van der Waals surface area contributed by atoms with Gasteiger partial charge in [-0.2, -0.15) is 0 Å². The summed E-state index contributed by atoms with van der Waals surface area (Å²) in [5.41, 5.74) is 1.14. The maximum absolute atomic E-state index is 12.4. The number of benzene rings is 1. The first-order chi connectivity index (χ1) is 13.8. The molecular formula is C20H21N5O2S. The zero-order valence-electron chi connectivity index (χ0n) is 15.3. The Balaban J connectivity index is 1.26. The van der Waals surface area contributed by atoms with E-state index in [4.69, 9.17) is 4.74 Å². The number of ether oxygens (including phenoxy) is 1. The van der Waals surface area contributed by atoms with Crippen LogP contribution in [0, 0.1) is 0 Å². The average Bonchev–Trinajstić information content (AvgIpc) is 3.28. The first-order valence-corrected chi connectivity index (χ1v) is 10.1. The van der Waals surface area contributed by atoms with Crippen LogP contribution in [0.3, 0.4) is 0 Å². The number of thioether (sulfide) groups is 1. The third-order valence-corrected chi connectivity index (χ3v) is 5.46. The topological polar surface area (TPSA) is 74.3 Å². The molecule has 1 aliphatic rings. The molecule has 3 aromatic rings. The Morgan fingerprint density at radius 1 is 1.04 bits per heavy atom. The predicted molar refractivity (Wildman–Crippen MR) is 109 cm³/mol. The summed E-state index contributed by atoms with van der Waals surface area (Å²) < 4.78 is 5.53. The second kappa shape index (κ2) is 8.79. The zero-order valence-corrected chi connectivity index (χ0v) is 16.1. The van der Waals surface area contributed by atoms with E-state index in [0.717, 1.165) is 35.4 Å². The lowest BCUT2D eigenvalue weighted by molar-refractivity contribution is 0.149. The minimum atomic E-state index is -0.307. The summed E-state index contributed by atoms with van der Waals surface area (Å²) in [6.45, 7) is 2.73. The Kier molecular flexibility index (Phi) is 5.77. The van der Waals surface area contributed by atoms with Crippen molar-refractivity contribution in [3.05, 3.63) is 66.6 Å². The molecular weight excluding hydrogens is 374 g/mol. The van der Waals surface area contributed by atoms with Crippen molar-refractivity contribution in [2.45, 2.75) is 10.9 Å². The van der Waals surface area contributed by atoms with Crippen molar-refractivity contribution in [1.29, 1.82) is 0 Å². The van der Waals surface area contributed by atoms with E-state index < -0.39 is 0 Å². The molecule has 0 radical (unpaired) electrons. The molecule has 0 saturated carbocycles. The second-order valence-corrected chi connectivity index (χ2v) is 7.32. The summed E-state index contributed by atoms with van der Waals surface area (Å²) in [5, 5.41) is 0.889. The van der Waals surface area contributed by atoms with Crippen LogP contribution in [-0.4, -0.2) is 52.1 Å². The number of carbonyl (C=O) groups is 1.